The number of aliphatic hydroxyl groups excluding tert-OH is 1. The molecule has 1 saturated heterocycles. The van der Waals surface area contributed by atoms with Gasteiger partial charge in [0.25, 0.3) is 0 Å². The number of benzene rings is 1. The van der Waals surface area contributed by atoms with Gasteiger partial charge in [-0.1, -0.05) is 23.7 Å². The molecule has 0 bridgehead atoms. The molecular weight excluding hydrogens is 326 g/mol. The van der Waals surface area contributed by atoms with Gasteiger partial charge in [-0.3, -0.25) is 0 Å². The second kappa shape index (κ2) is 6.16. The molecule has 1 fully saturated rings. The summed E-state index contributed by atoms with van der Waals surface area (Å²) in [6, 6.07) is 9.30. The number of hydrogen-bond donors (Lipinski definition) is 1. The lowest BCUT2D eigenvalue weighted by Crippen LogP contribution is -2.19. The van der Waals surface area contributed by atoms with Crippen molar-refractivity contribution >= 4 is 22.6 Å². The van der Waals surface area contributed by atoms with Crippen LogP contribution in [0.4, 0.5) is 0 Å². The lowest BCUT2D eigenvalue weighted by molar-refractivity contribution is -0.0590. The number of nitrogens with zero attached hydrogens (tertiary/aromatic N) is 3. The average molecular weight is 344 g/mol. The van der Waals surface area contributed by atoms with Gasteiger partial charge in [0.1, 0.15) is 24.3 Å². The summed E-state index contributed by atoms with van der Waals surface area (Å²) in [6.45, 7) is 1.97. The lowest BCUT2D eigenvalue weighted by Gasteiger charge is -2.20. The Balaban J connectivity index is 1.57. The molecule has 1 aliphatic heterocycles. The summed E-state index contributed by atoms with van der Waals surface area (Å²) in [5.41, 5.74) is 2.60. The van der Waals surface area contributed by atoms with E-state index in [4.69, 9.17) is 16.3 Å². The van der Waals surface area contributed by atoms with Crippen molar-refractivity contribution in [3.63, 3.8) is 0 Å². The molecule has 4 rings (SSSR count). The Hall–Kier alpha value is -1.95. The summed E-state index contributed by atoms with van der Waals surface area (Å²) in [7, 11) is 0. The van der Waals surface area contributed by atoms with Crippen molar-refractivity contribution in [1.29, 1.82) is 0 Å². The third-order valence-corrected chi connectivity index (χ3v) is 4.83. The van der Waals surface area contributed by atoms with E-state index in [1.165, 1.54) is 0 Å². The van der Waals surface area contributed by atoms with Gasteiger partial charge < -0.3 is 14.4 Å². The molecule has 0 saturated carbocycles. The van der Waals surface area contributed by atoms with Gasteiger partial charge in [-0.25, -0.2) is 9.97 Å². The summed E-state index contributed by atoms with van der Waals surface area (Å²) in [5, 5.41) is 12.2. The standard InChI is InChI=1S/C18H18ClN3O2/c1-11-14-7-8-22(18(14)21-10-20-11)16-6-5-15(24-16)17(23)12-3-2-4-13(19)9-12/h2-4,7-10,15-17,23H,5-6H2,1H3. The van der Waals surface area contributed by atoms with Crippen molar-refractivity contribution in [2.75, 3.05) is 0 Å². The largest absolute Gasteiger partial charge is 0.386 e. The van der Waals surface area contributed by atoms with Crippen LogP contribution in [-0.2, 0) is 4.74 Å². The smallest absolute Gasteiger partial charge is 0.145 e. The second-order valence-corrected chi connectivity index (χ2v) is 6.56. The Morgan fingerprint density at radius 2 is 2.17 bits per heavy atom. The lowest BCUT2D eigenvalue weighted by atomic mass is 10.0. The molecule has 0 aliphatic carbocycles. The SMILES string of the molecule is Cc1ncnc2c1ccn2C1CCC(C(O)c2cccc(Cl)c2)O1. The van der Waals surface area contributed by atoms with Crippen LogP contribution < -0.4 is 0 Å². The van der Waals surface area contributed by atoms with Gasteiger partial charge in [0.05, 0.1) is 11.8 Å². The predicted molar refractivity (Wildman–Crippen MR) is 91.8 cm³/mol. The van der Waals surface area contributed by atoms with Crippen molar-refractivity contribution in [2.24, 2.45) is 0 Å². The predicted octanol–water partition coefficient (Wildman–Crippen LogP) is 3.80. The maximum atomic E-state index is 10.6. The van der Waals surface area contributed by atoms with Crippen LogP contribution in [0.15, 0.2) is 42.9 Å². The number of hydrogen-bond acceptors (Lipinski definition) is 4. The summed E-state index contributed by atoms with van der Waals surface area (Å²) >= 11 is 6.02. The summed E-state index contributed by atoms with van der Waals surface area (Å²) in [5.74, 6) is 0. The van der Waals surface area contributed by atoms with Crippen molar-refractivity contribution in [3.05, 3.63) is 59.1 Å². The first-order valence-electron chi connectivity index (χ1n) is 8.00. The molecule has 124 valence electrons. The fraction of sp³-hybridized carbons (Fsp3) is 0.333. The molecule has 1 aromatic carbocycles. The van der Waals surface area contributed by atoms with Crippen LogP contribution in [-0.4, -0.2) is 25.7 Å². The van der Waals surface area contributed by atoms with E-state index in [0.29, 0.717) is 5.02 Å². The third kappa shape index (κ3) is 2.69. The van der Waals surface area contributed by atoms with Crippen LogP contribution in [0.3, 0.4) is 0 Å². The first kappa shape index (κ1) is 15.6. The molecule has 3 heterocycles. The maximum Gasteiger partial charge on any atom is 0.145 e. The van der Waals surface area contributed by atoms with Crippen molar-refractivity contribution in [1.82, 2.24) is 14.5 Å². The molecule has 0 radical (unpaired) electrons. The van der Waals surface area contributed by atoms with Crippen LogP contribution >= 0.6 is 11.6 Å². The Kier molecular flexibility index (Phi) is 4.00. The third-order valence-electron chi connectivity index (χ3n) is 4.59. The van der Waals surface area contributed by atoms with Gasteiger partial charge in [-0.15, -0.1) is 0 Å². The Bertz CT molecular complexity index is 880. The van der Waals surface area contributed by atoms with Gasteiger partial charge in [0, 0.05) is 16.6 Å². The number of aryl methyl sites for hydroxylation is 1. The molecule has 1 N–H and O–H groups in total. The molecule has 2 aromatic heterocycles. The molecule has 6 heteroatoms. The Labute approximate surface area is 144 Å². The molecule has 0 amide bonds. The topological polar surface area (TPSA) is 60.2 Å². The number of ether oxygens (including phenoxy) is 1. The highest BCUT2D eigenvalue weighted by atomic mass is 35.5. The monoisotopic (exact) mass is 343 g/mol. The molecule has 3 atom stereocenters. The number of rotatable bonds is 3. The fourth-order valence-corrected chi connectivity index (χ4v) is 3.52. The van der Waals surface area contributed by atoms with Gasteiger partial charge in [-0.05, 0) is 43.5 Å². The summed E-state index contributed by atoms with van der Waals surface area (Å²) in [6.07, 6.45) is 4.08. The Morgan fingerprint density at radius 1 is 1.29 bits per heavy atom. The van der Waals surface area contributed by atoms with Gasteiger partial charge >= 0.3 is 0 Å². The molecule has 1 aliphatic rings. The van der Waals surface area contributed by atoms with E-state index in [-0.39, 0.29) is 12.3 Å². The number of aliphatic hydroxyl groups is 1. The van der Waals surface area contributed by atoms with E-state index in [9.17, 15) is 5.11 Å². The zero-order valence-corrected chi connectivity index (χ0v) is 14.0. The van der Waals surface area contributed by atoms with Crippen LogP contribution in [0.1, 0.15) is 36.4 Å². The minimum Gasteiger partial charge on any atom is -0.386 e. The zero-order valence-electron chi connectivity index (χ0n) is 13.3. The first-order valence-corrected chi connectivity index (χ1v) is 8.38. The minimum absolute atomic E-state index is 0.129. The van der Waals surface area contributed by atoms with Crippen LogP contribution in [0.5, 0.6) is 0 Å². The number of fused-ring (bicyclic) bond motifs is 1. The first-order chi connectivity index (χ1) is 11.6. The van der Waals surface area contributed by atoms with Crippen LogP contribution in [0.25, 0.3) is 11.0 Å². The van der Waals surface area contributed by atoms with E-state index in [1.54, 1.807) is 18.5 Å². The van der Waals surface area contributed by atoms with E-state index in [0.717, 1.165) is 35.1 Å². The van der Waals surface area contributed by atoms with Gasteiger partial charge in [0.15, 0.2) is 0 Å². The molecule has 0 spiro atoms. The molecule has 3 aromatic rings. The normalized spacial score (nSPS) is 22.1. The molecular formula is C18H18ClN3O2. The number of aromatic nitrogens is 3. The summed E-state index contributed by atoms with van der Waals surface area (Å²) < 4.78 is 8.14. The quantitative estimate of drug-likeness (QED) is 0.785. The highest BCUT2D eigenvalue weighted by molar-refractivity contribution is 6.30. The molecule has 5 nitrogen and oxygen atoms in total. The van der Waals surface area contributed by atoms with E-state index in [2.05, 4.69) is 9.97 Å². The van der Waals surface area contributed by atoms with E-state index >= 15 is 0 Å². The van der Waals surface area contributed by atoms with Gasteiger partial charge in [-0.2, -0.15) is 0 Å². The Morgan fingerprint density at radius 3 is 3.00 bits per heavy atom. The highest BCUT2D eigenvalue weighted by Gasteiger charge is 2.33. The van der Waals surface area contributed by atoms with Gasteiger partial charge in [0.2, 0.25) is 0 Å². The molecule has 3 unspecified atom stereocenters. The summed E-state index contributed by atoms with van der Waals surface area (Å²) in [4.78, 5) is 8.60. The van der Waals surface area contributed by atoms with Crippen molar-refractivity contribution < 1.29 is 9.84 Å². The minimum atomic E-state index is -0.688. The van der Waals surface area contributed by atoms with Crippen molar-refractivity contribution in [3.8, 4) is 0 Å². The second-order valence-electron chi connectivity index (χ2n) is 6.13. The van der Waals surface area contributed by atoms with Crippen molar-refractivity contribution in [2.45, 2.75) is 38.2 Å². The molecule has 24 heavy (non-hydrogen) atoms. The van der Waals surface area contributed by atoms with E-state index in [1.807, 2.05) is 35.9 Å². The number of halogens is 1. The fourth-order valence-electron chi connectivity index (χ4n) is 3.32. The van der Waals surface area contributed by atoms with E-state index < -0.39 is 6.10 Å². The maximum absolute atomic E-state index is 10.6. The van der Waals surface area contributed by atoms with Crippen LogP contribution in [0.2, 0.25) is 5.02 Å². The average Bonchev–Trinajstić information content (AvgIpc) is 3.21. The van der Waals surface area contributed by atoms with Crippen LogP contribution in [0, 0.1) is 6.92 Å². The zero-order chi connectivity index (χ0) is 16.7. The highest BCUT2D eigenvalue weighted by Crippen LogP contribution is 2.37.